The summed E-state index contributed by atoms with van der Waals surface area (Å²) in [5.41, 5.74) is 5.25. The fraction of sp³-hybridized carbons (Fsp3) is 1.00. The minimum absolute atomic E-state index is 0.227. The number of hydrogen-bond donors (Lipinski definition) is 2. The predicted octanol–water partition coefficient (Wildman–Crippen LogP) is 2.57. The summed E-state index contributed by atoms with van der Waals surface area (Å²) in [7, 11) is 0. The molecule has 1 aliphatic carbocycles. The van der Waals surface area contributed by atoms with Gasteiger partial charge in [0.15, 0.2) is 0 Å². The van der Waals surface area contributed by atoms with Crippen LogP contribution in [0.15, 0.2) is 0 Å². The van der Waals surface area contributed by atoms with Gasteiger partial charge in [0.2, 0.25) is 0 Å². The summed E-state index contributed by atoms with van der Waals surface area (Å²) in [6.45, 7) is 8.73. The molecule has 2 rings (SSSR count). The van der Waals surface area contributed by atoms with Crippen LogP contribution in [0.5, 0.6) is 0 Å². The van der Waals surface area contributed by atoms with Crippen molar-refractivity contribution in [3.05, 3.63) is 0 Å². The first-order chi connectivity index (χ1) is 8.95. The fourth-order valence-electron chi connectivity index (χ4n) is 4.51. The summed E-state index contributed by atoms with van der Waals surface area (Å²) in [4.78, 5) is 0. The van der Waals surface area contributed by atoms with Crippen molar-refractivity contribution >= 4 is 0 Å². The van der Waals surface area contributed by atoms with Gasteiger partial charge < -0.3 is 15.6 Å². The molecule has 0 spiro atoms. The average Bonchev–Trinajstić information content (AvgIpc) is 2.38. The highest BCUT2D eigenvalue weighted by Crippen LogP contribution is 2.52. The second kappa shape index (κ2) is 5.71. The summed E-state index contributed by atoms with van der Waals surface area (Å²) in [5.74, 6) is 1.45. The van der Waals surface area contributed by atoms with E-state index in [4.69, 9.17) is 10.5 Å². The molecule has 0 bridgehead atoms. The zero-order chi connectivity index (χ0) is 14.1. The van der Waals surface area contributed by atoms with Crippen LogP contribution >= 0.6 is 0 Å². The monoisotopic (exact) mass is 269 g/mol. The van der Waals surface area contributed by atoms with Gasteiger partial charge in [-0.15, -0.1) is 0 Å². The Kier molecular flexibility index (Phi) is 4.59. The van der Waals surface area contributed by atoms with Gasteiger partial charge in [-0.1, -0.05) is 27.2 Å². The zero-order valence-corrected chi connectivity index (χ0v) is 12.8. The van der Waals surface area contributed by atoms with Crippen LogP contribution in [-0.4, -0.2) is 30.5 Å². The van der Waals surface area contributed by atoms with Crippen molar-refractivity contribution in [3.63, 3.8) is 0 Å². The second-order valence-electron chi connectivity index (χ2n) is 7.30. The molecule has 3 heteroatoms. The molecule has 1 saturated heterocycles. The van der Waals surface area contributed by atoms with Crippen LogP contribution in [0, 0.1) is 23.2 Å². The van der Waals surface area contributed by atoms with Crippen LogP contribution in [0.1, 0.15) is 52.9 Å². The van der Waals surface area contributed by atoms with Gasteiger partial charge in [0.1, 0.15) is 0 Å². The summed E-state index contributed by atoms with van der Waals surface area (Å²) >= 11 is 0. The molecule has 0 aromatic rings. The minimum Gasteiger partial charge on any atom is -0.389 e. The van der Waals surface area contributed by atoms with E-state index in [1.165, 1.54) is 6.42 Å². The standard InChI is InChI=1S/C16H31NO2/c1-12(2)14-6-5-13(3)9-16(14,18)15(10-17)7-4-8-19-11-15/h12-14,18H,4-11,17H2,1-3H3. The number of nitrogens with two attached hydrogens (primary N) is 1. The normalized spacial score (nSPS) is 44.5. The van der Waals surface area contributed by atoms with Gasteiger partial charge in [-0.2, -0.15) is 0 Å². The lowest BCUT2D eigenvalue weighted by Crippen LogP contribution is -2.63. The van der Waals surface area contributed by atoms with E-state index in [-0.39, 0.29) is 5.41 Å². The first kappa shape index (κ1) is 15.3. The fourth-order valence-corrected chi connectivity index (χ4v) is 4.51. The predicted molar refractivity (Wildman–Crippen MR) is 77.8 cm³/mol. The van der Waals surface area contributed by atoms with Gasteiger partial charge in [0.25, 0.3) is 0 Å². The number of ether oxygens (including phenoxy) is 1. The van der Waals surface area contributed by atoms with E-state index in [0.29, 0.717) is 30.9 Å². The van der Waals surface area contributed by atoms with E-state index >= 15 is 0 Å². The van der Waals surface area contributed by atoms with Gasteiger partial charge in [0, 0.05) is 18.6 Å². The van der Waals surface area contributed by atoms with Crippen molar-refractivity contribution in [2.45, 2.75) is 58.5 Å². The van der Waals surface area contributed by atoms with Gasteiger partial charge in [-0.05, 0) is 43.4 Å². The Labute approximate surface area is 117 Å². The zero-order valence-electron chi connectivity index (χ0n) is 12.8. The molecule has 3 N–H and O–H groups in total. The Morgan fingerprint density at radius 2 is 2.11 bits per heavy atom. The summed E-state index contributed by atoms with van der Waals surface area (Å²) in [5, 5.41) is 11.6. The molecule has 0 amide bonds. The quantitative estimate of drug-likeness (QED) is 0.828. The van der Waals surface area contributed by atoms with E-state index in [2.05, 4.69) is 20.8 Å². The number of hydrogen-bond acceptors (Lipinski definition) is 3. The highest BCUT2D eigenvalue weighted by Gasteiger charge is 2.56. The van der Waals surface area contributed by atoms with E-state index < -0.39 is 5.60 Å². The maximum Gasteiger partial charge on any atom is 0.0770 e. The smallest absolute Gasteiger partial charge is 0.0770 e. The third-order valence-electron chi connectivity index (χ3n) is 5.68. The van der Waals surface area contributed by atoms with Gasteiger partial charge in [0.05, 0.1) is 12.2 Å². The maximum atomic E-state index is 11.6. The van der Waals surface area contributed by atoms with E-state index in [1.807, 2.05) is 0 Å². The van der Waals surface area contributed by atoms with Crippen molar-refractivity contribution in [1.82, 2.24) is 0 Å². The first-order valence-electron chi connectivity index (χ1n) is 7.95. The average molecular weight is 269 g/mol. The Balaban J connectivity index is 2.33. The largest absolute Gasteiger partial charge is 0.389 e. The Morgan fingerprint density at radius 1 is 1.37 bits per heavy atom. The highest BCUT2D eigenvalue weighted by molar-refractivity contribution is 5.07. The molecule has 1 saturated carbocycles. The molecule has 4 unspecified atom stereocenters. The topological polar surface area (TPSA) is 55.5 Å². The minimum atomic E-state index is -0.645. The molecule has 0 aromatic heterocycles. The van der Waals surface area contributed by atoms with Crippen molar-refractivity contribution < 1.29 is 9.84 Å². The van der Waals surface area contributed by atoms with Crippen molar-refractivity contribution in [2.24, 2.45) is 28.9 Å². The molecule has 3 nitrogen and oxygen atoms in total. The Bertz CT molecular complexity index is 299. The molecule has 1 aliphatic heterocycles. The van der Waals surface area contributed by atoms with Crippen LogP contribution in [0.3, 0.4) is 0 Å². The molecule has 0 radical (unpaired) electrons. The van der Waals surface area contributed by atoms with Gasteiger partial charge in [-0.3, -0.25) is 0 Å². The number of rotatable bonds is 3. The summed E-state index contributed by atoms with van der Waals surface area (Å²) in [6.07, 6.45) is 5.27. The molecule has 1 heterocycles. The third-order valence-corrected chi connectivity index (χ3v) is 5.68. The van der Waals surface area contributed by atoms with Crippen molar-refractivity contribution in [3.8, 4) is 0 Å². The molecular formula is C16H31NO2. The lowest BCUT2D eigenvalue weighted by Gasteiger charge is -2.56. The molecule has 2 aliphatic rings. The van der Waals surface area contributed by atoms with E-state index in [0.717, 1.165) is 32.3 Å². The molecule has 112 valence electrons. The molecular weight excluding hydrogens is 238 g/mol. The summed E-state index contributed by atoms with van der Waals surface area (Å²) < 4.78 is 5.72. The van der Waals surface area contributed by atoms with Gasteiger partial charge in [-0.25, -0.2) is 0 Å². The van der Waals surface area contributed by atoms with Gasteiger partial charge >= 0.3 is 0 Å². The van der Waals surface area contributed by atoms with E-state index in [1.54, 1.807) is 0 Å². The van der Waals surface area contributed by atoms with Crippen LogP contribution < -0.4 is 5.73 Å². The number of aliphatic hydroxyl groups is 1. The van der Waals surface area contributed by atoms with E-state index in [9.17, 15) is 5.11 Å². The van der Waals surface area contributed by atoms with Crippen molar-refractivity contribution in [2.75, 3.05) is 19.8 Å². The Morgan fingerprint density at radius 3 is 2.63 bits per heavy atom. The first-order valence-corrected chi connectivity index (χ1v) is 7.95. The van der Waals surface area contributed by atoms with Crippen molar-refractivity contribution in [1.29, 1.82) is 0 Å². The summed E-state index contributed by atoms with van der Waals surface area (Å²) in [6, 6.07) is 0. The molecule has 4 atom stereocenters. The van der Waals surface area contributed by atoms with Crippen LogP contribution in [0.2, 0.25) is 0 Å². The molecule has 19 heavy (non-hydrogen) atoms. The molecule has 2 fully saturated rings. The van der Waals surface area contributed by atoms with Crippen LogP contribution in [0.4, 0.5) is 0 Å². The molecule has 0 aromatic carbocycles. The third kappa shape index (κ3) is 2.57. The maximum absolute atomic E-state index is 11.6. The SMILES string of the molecule is CC1CCC(C(C)C)C(O)(C2(CN)CCCOC2)C1. The lowest BCUT2D eigenvalue weighted by atomic mass is 9.54. The van der Waals surface area contributed by atoms with Crippen LogP contribution in [-0.2, 0) is 4.74 Å². The Hall–Kier alpha value is -0.120. The highest BCUT2D eigenvalue weighted by atomic mass is 16.5. The van der Waals surface area contributed by atoms with Crippen LogP contribution in [0.25, 0.3) is 0 Å². The second-order valence-corrected chi connectivity index (χ2v) is 7.30. The lowest BCUT2D eigenvalue weighted by molar-refractivity contribution is -0.202.